The molecule has 18 heavy (non-hydrogen) atoms. The summed E-state index contributed by atoms with van der Waals surface area (Å²) in [6.45, 7) is 0. The highest BCUT2D eigenvalue weighted by Crippen LogP contribution is 2.12. The van der Waals surface area contributed by atoms with Crippen molar-refractivity contribution < 1.29 is 9.53 Å². The summed E-state index contributed by atoms with van der Waals surface area (Å²) in [7, 11) is 3.33. The third-order valence-electron chi connectivity index (χ3n) is 2.49. The highest BCUT2D eigenvalue weighted by atomic mass is 16.5. The van der Waals surface area contributed by atoms with Crippen LogP contribution in [0.25, 0.3) is 0 Å². The van der Waals surface area contributed by atoms with Crippen molar-refractivity contribution in [1.82, 2.24) is 14.8 Å². The summed E-state index contributed by atoms with van der Waals surface area (Å²) in [5.74, 6) is 1.08. The average Bonchev–Trinajstić information content (AvgIpc) is 2.76. The Kier molecular flexibility index (Phi) is 3.57. The van der Waals surface area contributed by atoms with Crippen molar-refractivity contribution in [3.05, 3.63) is 36.2 Å². The van der Waals surface area contributed by atoms with E-state index in [0.29, 0.717) is 5.95 Å². The third-order valence-corrected chi connectivity index (χ3v) is 2.49. The molecule has 1 aromatic carbocycles. The van der Waals surface area contributed by atoms with Crippen molar-refractivity contribution in [2.24, 2.45) is 7.05 Å². The number of anilines is 1. The average molecular weight is 246 g/mol. The van der Waals surface area contributed by atoms with Crippen molar-refractivity contribution >= 4 is 11.9 Å². The smallest absolute Gasteiger partial charge is 0.231 e. The van der Waals surface area contributed by atoms with Crippen molar-refractivity contribution in [2.75, 3.05) is 12.4 Å². The molecule has 0 aliphatic rings. The van der Waals surface area contributed by atoms with Gasteiger partial charge in [-0.25, -0.2) is 4.68 Å². The quantitative estimate of drug-likeness (QED) is 0.874. The predicted octanol–water partition coefficient (Wildman–Crippen LogP) is 1.00. The Morgan fingerprint density at radius 3 is 2.67 bits per heavy atom. The minimum absolute atomic E-state index is 0.128. The molecular weight excluding hydrogens is 232 g/mol. The van der Waals surface area contributed by atoms with Gasteiger partial charge in [0.2, 0.25) is 11.9 Å². The van der Waals surface area contributed by atoms with Crippen LogP contribution in [0.2, 0.25) is 0 Å². The molecule has 1 aromatic heterocycles. The first-order chi connectivity index (χ1) is 8.69. The molecule has 94 valence electrons. The van der Waals surface area contributed by atoms with E-state index in [9.17, 15) is 4.79 Å². The Bertz CT molecular complexity index is 533. The van der Waals surface area contributed by atoms with Gasteiger partial charge in [0.25, 0.3) is 0 Å². The fraction of sp³-hybridized carbons (Fsp3) is 0.250. The van der Waals surface area contributed by atoms with Crippen LogP contribution in [0.4, 0.5) is 5.95 Å². The molecule has 0 unspecified atom stereocenters. The number of ether oxygens (including phenoxy) is 1. The lowest BCUT2D eigenvalue weighted by Crippen LogP contribution is -2.17. The standard InChI is InChI=1S/C12H14N4O2/c1-16-12(13-8-14-16)15-11(17)7-9-3-5-10(18-2)6-4-9/h3-6,8H,7H2,1-2H3,(H,13,14,15,17). The van der Waals surface area contributed by atoms with Gasteiger partial charge in [-0.05, 0) is 17.7 Å². The van der Waals surface area contributed by atoms with Crippen LogP contribution in [0.1, 0.15) is 5.56 Å². The number of hydrogen-bond donors (Lipinski definition) is 1. The van der Waals surface area contributed by atoms with Crippen LogP contribution in [0.15, 0.2) is 30.6 Å². The summed E-state index contributed by atoms with van der Waals surface area (Å²) < 4.78 is 6.56. The fourth-order valence-corrected chi connectivity index (χ4v) is 1.51. The van der Waals surface area contributed by atoms with E-state index in [1.54, 1.807) is 14.2 Å². The molecule has 6 heteroatoms. The molecule has 0 bridgehead atoms. The second-order valence-corrected chi connectivity index (χ2v) is 3.78. The van der Waals surface area contributed by atoms with Gasteiger partial charge < -0.3 is 4.74 Å². The normalized spacial score (nSPS) is 10.1. The van der Waals surface area contributed by atoms with Crippen LogP contribution in [0.5, 0.6) is 5.75 Å². The van der Waals surface area contributed by atoms with Gasteiger partial charge in [0.15, 0.2) is 0 Å². The van der Waals surface area contributed by atoms with Gasteiger partial charge in [-0.15, -0.1) is 0 Å². The van der Waals surface area contributed by atoms with Gasteiger partial charge in [0.1, 0.15) is 12.1 Å². The van der Waals surface area contributed by atoms with Crippen molar-refractivity contribution in [1.29, 1.82) is 0 Å². The second-order valence-electron chi connectivity index (χ2n) is 3.78. The minimum atomic E-state index is -0.128. The van der Waals surface area contributed by atoms with E-state index in [-0.39, 0.29) is 12.3 Å². The number of amides is 1. The Hall–Kier alpha value is -2.37. The van der Waals surface area contributed by atoms with Crippen molar-refractivity contribution in [3.63, 3.8) is 0 Å². The number of aromatic nitrogens is 3. The maximum Gasteiger partial charge on any atom is 0.231 e. The minimum Gasteiger partial charge on any atom is -0.497 e. The lowest BCUT2D eigenvalue weighted by Gasteiger charge is -2.05. The van der Waals surface area contributed by atoms with Crippen LogP contribution in [0.3, 0.4) is 0 Å². The van der Waals surface area contributed by atoms with E-state index in [2.05, 4.69) is 15.4 Å². The Morgan fingerprint density at radius 2 is 2.11 bits per heavy atom. The maximum absolute atomic E-state index is 11.8. The first kappa shape index (κ1) is 12.1. The molecule has 0 atom stereocenters. The molecular formula is C12H14N4O2. The predicted molar refractivity (Wildman–Crippen MR) is 66.3 cm³/mol. The SMILES string of the molecule is COc1ccc(CC(=O)Nc2ncnn2C)cc1. The molecule has 1 N–H and O–H groups in total. The molecule has 0 spiro atoms. The first-order valence-corrected chi connectivity index (χ1v) is 5.46. The Labute approximate surface area is 105 Å². The van der Waals surface area contributed by atoms with Crippen molar-refractivity contribution in [3.8, 4) is 5.75 Å². The summed E-state index contributed by atoms with van der Waals surface area (Å²) in [6.07, 6.45) is 1.68. The van der Waals surface area contributed by atoms with Gasteiger partial charge >= 0.3 is 0 Å². The number of carbonyl (C=O) groups excluding carboxylic acids is 1. The van der Waals surface area contributed by atoms with Crippen LogP contribution in [0, 0.1) is 0 Å². The number of nitrogens with one attached hydrogen (secondary N) is 1. The van der Waals surface area contributed by atoms with Crippen LogP contribution in [-0.2, 0) is 18.3 Å². The Balaban J connectivity index is 1.96. The zero-order valence-electron chi connectivity index (χ0n) is 10.3. The molecule has 0 radical (unpaired) electrons. The molecule has 0 aliphatic heterocycles. The van der Waals surface area contributed by atoms with Crippen LogP contribution in [-0.4, -0.2) is 27.8 Å². The van der Waals surface area contributed by atoms with Crippen LogP contribution < -0.4 is 10.1 Å². The fourth-order valence-electron chi connectivity index (χ4n) is 1.51. The monoisotopic (exact) mass is 246 g/mol. The number of hydrogen-bond acceptors (Lipinski definition) is 4. The number of methoxy groups -OCH3 is 1. The summed E-state index contributed by atoms with van der Waals surface area (Å²) in [5.41, 5.74) is 0.912. The van der Waals surface area contributed by atoms with E-state index >= 15 is 0 Å². The zero-order valence-corrected chi connectivity index (χ0v) is 10.3. The lowest BCUT2D eigenvalue weighted by atomic mass is 10.1. The van der Waals surface area contributed by atoms with Gasteiger partial charge in [-0.1, -0.05) is 12.1 Å². The van der Waals surface area contributed by atoms with E-state index in [4.69, 9.17) is 4.74 Å². The van der Waals surface area contributed by atoms with Crippen molar-refractivity contribution in [2.45, 2.75) is 6.42 Å². The van der Waals surface area contributed by atoms with Gasteiger partial charge in [-0.3, -0.25) is 10.1 Å². The van der Waals surface area contributed by atoms with E-state index in [1.165, 1.54) is 11.0 Å². The molecule has 0 aliphatic carbocycles. The molecule has 1 amide bonds. The summed E-state index contributed by atoms with van der Waals surface area (Å²) in [6, 6.07) is 7.36. The summed E-state index contributed by atoms with van der Waals surface area (Å²) in [5, 5.41) is 6.56. The van der Waals surface area contributed by atoms with E-state index in [1.807, 2.05) is 24.3 Å². The molecule has 1 heterocycles. The topological polar surface area (TPSA) is 69.0 Å². The highest BCUT2D eigenvalue weighted by Gasteiger charge is 2.07. The van der Waals surface area contributed by atoms with Gasteiger partial charge in [0.05, 0.1) is 13.5 Å². The first-order valence-electron chi connectivity index (χ1n) is 5.46. The second kappa shape index (κ2) is 5.31. The molecule has 0 saturated carbocycles. The molecule has 2 aromatic rings. The van der Waals surface area contributed by atoms with Gasteiger partial charge in [-0.2, -0.15) is 10.1 Å². The molecule has 6 nitrogen and oxygen atoms in total. The molecule has 0 saturated heterocycles. The maximum atomic E-state index is 11.8. The third kappa shape index (κ3) is 2.85. The number of benzene rings is 1. The highest BCUT2D eigenvalue weighted by molar-refractivity contribution is 5.90. The summed E-state index contributed by atoms with van der Waals surface area (Å²) in [4.78, 5) is 15.7. The summed E-state index contributed by atoms with van der Waals surface area (Å²) >= 11 is 0. The Morgan fingerprint density at radius 1 is 1.39 bits per heavy atom. The van der Waals surface area contributed by atoms with E-state index < -0.39 is 0 Å². The van der Waals surface area contributed by atoms with E-state index in [0.717, 1.165) is 11.3 Å². The number of nitrogens with zero attached hydrogens (tertiary/aromatic N) is 3. The molecule has 2 rings (SSSR count). The number of rotatable bonds is 4. The number of aryl methyl sites for hydroxylation is 1. The number of carbonyl (C=O) groups is 1. The lowest BCUT2D eigenvalue weighted by molar-refractivity contribution is -0.115. The van der Waals surface area contributed by atoms with Gasteiger partial charge in [0, 0.05) is 7.05 Å². The molecule has 0 fully saturated rings. The zero-order chi connectivity index (χ0) is 13.0. The van der Waals surface area contributed by atoms with Crippen LogP contribution >= 0.6 is 0 Å². The largest absolute Gasteiger partial charge is 0.497 e.